The van der Waals surface area contributed by atoms with Crippen molar-refractivity contribution in [1.82, 2.24) is 9.55 Å². The highest BCUT2D eigenvalue weighted by molar-refractivity contribution is 6.11. The molecule has 2 aromatic heterocycles. The van der Waals surface area contributed by atoms with Gasteiger partial charge in [-0.2, -0.15) is 0 Å². The number of methoxy groups -OCH3 is 2. The van der Waals surface area contributed by atoms with E-state index in [4.69, 9.17) is 9.47 Å². The molecule has 8 nitrogen and oxygen atoms in total. The minimum Gasteiger partial charge on any atom is -0.464 e. The zero-order valence-corrected chi connectivity index (χ0v) is 21.6. The predicted molar refractivity (Wildman–Crippen MR) is 143 cm³/mol. The van der Waals surface area contributed by atoms with Crippen LogP contribution in [0.25, 0.3) is 11.0 Å². The molecule has 0 aliphatic heterocycles. The quantitative estimate of drug-likeness (QED) is 0.252. The van der Waals surface area contributed by atoms with Crippen LogP contribution in [0.4, 0.5) is 11.4 Å². The van der Waals surface area contributed by atoms with Gasteiger partial charge in [-0.25, -0.2) is 9.78 Å². The molecular formula is C28H36N4O4. The number of nitrogens with one attached hydrogen (secondary N) is 2. The Morgan fingerprint density at radius 1 is 1.17 bits per heavy atom. The summed E-state index contributed by atoms with van der Waals surface area (Å²) in [6.07, 6.45) is 4.46. The molecular weight excluding hydrogens is 456 g/mol. The van der Waals surface area contributed by atoms with Crippen molar-refractivity contribution in [1.29, 1.82) is 0 Å². The molecule has 1 atom stereocenters. The monoisotopic (exact) mass is 492 g/mol. The first-order chi connectivity index (χ1) is 17.3. The summed E-state index contributed by atoms with van der Waals surface area (Å²) in [5.41, 5.74) is 4.23. The first-order valence-electron chi connectivity index (χ1n) is 12.2. The summed E-state index contributed by atoms with van der Waals surface area (Å²) in [5, 5.41) is 7.10. The zero-order chi connectivity index (χ0) is 26.1. The average Bonchev–Trinajstić information content (AvgIpc) is 3.17. The van der Waals surface area contributed by atoms with E-state index in [1.54, 1.807) is 17.9 Å². The summed E-state index contributed by atoms with van der Waals surface area (Å²) in [7, 11) is 2.92. The lowest BCUT2D eigenvalue weighted by atomic mass is 10.1. The van der Waals surface area contributed by atoms with Crippen molar-refractivity contribution in [3.8, 4) is 0 Å². The van der Waals surface area contributed by atoms with E-state index in [-0.39, 0.29) is 24.1 Å². The molecule has 0 saturated heterocycles. The molecule has 8 heteroatoms. The number of anilines is 2. The summed E-state index contributed by atoms with van der Waals surface area (Å²) in [6, 6.07) is 11.9. The van der Waals surface area contributed by atoms with Gasteiger partial charge >= 0.3 is 5.97 Å². The van der Waals surface area contributed by atoms with E-state index in [1.165, 1.54) is 7.11 Å². The van der Waals surface area contributed by atoms with Gasteiger partial charge in [0, 0.05) is 31.5 Å². The van der Waals surface area contributed by atoms with Gasteiger partial charge in [-0.3, -0.25) is 4.79 Å². The normalized spacial score (nSPS) is 11.8. The Bertz CT molecular complexity index is 1200. The van der Waals surface area contributed by atoms with Crippen LogP contribution in [0.5, 0.6) is 0 Å². The van der Waals surface area contributed by atoms with E-state index in [0.29, 0.717) is 36.3 Å². The lowest BCUT2D eigenvalue weighted by Crippen LogP contribution is -2.18. The van der Waals surface area contributed by atoms with Crippen molar-refractivity contribution in [2.45, 2.75) is 52.1 Å². The molecule has 0 spiro atoms. The second kappa shape index (κ2) is 12.9. The lowest BCUT2D eigenvalue weighted by Gasteiger charge is -2.15. The van der Waals surface area contributed by atoms with Crippen LogP contribution in [-0.2, 0) is 27.2 Å². The number of hydrogen-bond acceptors (Lipinski definition) is 6. The first-order valence-corrected chi connectivity index (χ1v) is 12.2. The molecule has 2 heterocycles. The number of esters is 1. The number of pyridine rings is 1. The number of amides is 1. The third kappa shape index (κ3) is 6.95. The minimum absolute atomic E-state index is 0.192. The van der Waals surface area contributed by atoms with Crippen molar-refractivity contribution in [2.24, 2.45) is 0 Å². The number of aromatic nitrogens is 2. The van der Waals surface area contributed by atoms with Gasteiger partial charge in [0.2, 0.25) is 5.91 Å². The summed E-state index contributed by atoms with van der Waals surface area (Å²) in [6.45, 7) is 8.84. The van der Waals surface area contributed by atoms with Crippen molar-refractivity contribution in [3.63, 3.8) is 0 Å². The van der Waals surface area contributed by atoms with E-state index in [2.05, 4.69) is 29.1 Å². The Hall–Kier alpha value is -3.65. The number of hydrogen-bond donors (Lipinski definition) is 2. The van der Waals surface area contributed by atoms with E-state index in [9.17, 15) is 9.59 Å². The van der Waals surface area contributed by atoms with Gasteiger partial charge in [0.25, 0.3) is 0 Å². The number of nitrogens with zero attached hydrogens (tertiary/aromatic N) is 2. The van der Waals surface area contributed by atoms with Crippen molar-refractivity contribution in [3.05, 3.63) is 66.0 Å². The largest absolute Gasteiger partial charge is 0.464 e. The maximum Gasteiger partial charge on any atom is 0.356 e. The van der Waals surface area contributed by atoms with Crippen LogP contribution >= 0.6 is 0 Å². The van der Waals surface area contributed by atoms with E-state index in [1.807, 2.05) is 43.3 Å². The van der Waals surface area contributed by atoms with Gasteiger partial charge in [-0.05, 0) is 44.7 Å². The number of allylic oxidation sites excluding steroid dienone is 1. The van der Waals surface area contributed by atoms with E-state index in [0.717, 1.165) is 29.7 Å². The molecule has 0 aliphatic rings. The molecule has 3 rings (SSSR count). The predicted octanol–water partition coefficient (Wildman–Crippen LogP) is 5.20. The zero-order valence-electron chi connectivity index (χ0n) is 21.6. The molecule has 0 fully saturated rings. The number of rotatable bonds is 13. The van der Waals surface area contributed by atoms with Crippen molar-refractivity contribution < 1.29 is 19.1 Å². The first kappa shape index (κ1) is 26.9. The molecule has 2 N–H and O–H groups in total. The van der Waals surface area contributed by atoms with E-state index < -0.39 is 5.97 Å². The lowest BCUT2D eigenvalue weighted by molar-refractivity contribution is -0.116. The fourth-order valence-corrected chi connectivity index (χ4v) is 4.06. The number of carbonyl (C=O) groups is 2. The Labute approximate surface area is 212 Å². The Morgan fingerprint density at radius 3 is 2.58 bits per heavy atom. The second-order valence-electron chi connectivity index (χ2n) is 9.03. The molecule has 192 valence electrons. The van der Waals surface area contributed by atoms with Gasteiger partial charge < -0.3 is 24.7 Å². The smallest absolute Gasteiger partial charge is 0.356 e. The van der Waals surface area contributed by atoms with E-state index >= 15 is 0 Å². The Morgan fingerprint density at radius 2 is 1.92 bits per heavy atom. The molecule has 1 aromatic carbocycles. The van der Waals surface area contributed by atoms with Crippen LogP contribution in [-0.4, -0.2) is 48.3 Å². The number of fused-ring (bicyclic) bond motifs is 1. The summed E-state index contributed by atoms with van der Waals surface area (Å²) in [4.78, 5) is 30.5. The molecule has 36 heavy (non-hydrogen) atoms. The Balaban J connectivity index is 1.96. The minimum atomic E-state index is -0.549. The van der Waals surface area contributed by atoms with Crippen LogP contribution in [0.2, 0.25) is 0 Å². The van der Waals surface area contributed by atoms with Gasteiger partial charge in [0.1, 0.15) is 5.65 Å². The third-order valence-electron chi connectivity index (χ3n) is 5.96. The Kier molecular flexibility index (Phi) is 9.64. The van der Waals surface area contributed by atoms with Crippen LogP contribution in [0, 0.1) is 0 Å². The third-order valence-corrected chi connectivity index (χ3v) is 5.96. The number of carbonyl (C=O) groups excluding carboxylic acids is 2. The van der Waals surface area contributed by atoms with Crippen LogP contribution in [0.1, 0.15) is 49.2 Å². The molecule has 0 saturated carbocycles. The fraction of sp³-hybridized carbons (Fsp3) is 0.393. The maximum absolute atomic E-state index is 13.0. The van der Waals surface area contributed by atoms with Crippen molar-refractivity contribution in [2.75, 3.05) is 31.5 Å². The molecule has 0 aliphatic carbocycles. The second-order valence-corrected chi connectivity index (χ2v) is 9.03. The van der Waals surface area contributed by atoms with Crippen LogP contribution in [0.3, 0.4) is 0 Å². The van der Waals surface area contributed by atoms with Gasteiger partial charge in [-0.15, -0.1) is 6.58 Å². The maximum atomic E-state index is 13.0. The number of benzene rings is 1. The number of ether oxygens (including phenoxy) is 2. The standard InChI is InChI=1S/C28H36N4O4/c1-19(2)11-12-20(3)30-22-17-23-25(31-24(33)14-13-21-9-7-6-8-10-21)26(28(34)36-5)32(15-16-35-4)27(23)29-18-22/h6-10,17-18,20,30H,1,11-16H2,2-5H3,(H,31,33)/t20-/m0/s1. The summed E-state index contributed by atoms with van der Waals surface area (Å²) >= 11 is 0. The van der Waals surface area contributed by atoms with Gasteiger partial charge in [-0.1, -0.05) is 35.9 Å². The molecule has 1 amide bonds. The number of aryl methyl sites for hydroxylation is 1. The molecule has 0 radical (unpaired) electrons. The highest BCUT2D eigenvalue weighted by Gasteiger charge is 2.26. The topological polar surface area (TPSA) is 94.5 Å². The summed E-state index contributed by atoms with van der Waals surface area (Å²) < 4.78 is 12.1. The van der Waals surface area contributed by atoms with Gasteiger partial charge in [0.15, 0.2) is 5.69 Å². The average molecular weight is 493 g/mol. The highest BCUT2D eigenvalue weighted by atomic mass is 16.5. The van der Waals surface area contributed by atoms with Crippen LogP contribution in [0.15, 0.2) is 54.7 Å². The van der Waals surface area contributed by atoms with Crippen molar-refractivity contribution >= 4 is 34.3 Å². The van der Waals surface area contributed by atoms with Crippen LogP contribution < -0.4 is 10.6 Å². The SMILES string of the molecule is C=C(C)CC[C@H](C)Nc1cnc2c(c1)c(NC(=O)CCc1ccccc1)c(C(=O)OC)n2CCOC. The van der Waals surface area contributed by atoms with Gasteiger partial charge in [0.05, 0.1) is 31.3 Å². The summed E-state index contributed by atoms with van der Waals surface area (Å²) in [5.74, 6) is -0.741. The fourth-order valence-electron chi connectivity index (χ4n) is 4.06. The molecule has 0 bridgehead atoms. The molecule has 3 aromatic rings. The molecule has 0 unspecified atom stereocenters. The highest BCUT2D eigenvalue weighted by Crippen LogP contribution is 2.33.